The van der Waals surface area contributed by atoms with Gasteiger partial charge in [0.05, 0.1) is 12.0 Å². The highest BCUT2D eigenvalue weighted by atomic mass is 16.6. The summed E-state index contributed by atoms with van der Waals surface area (Å²) in [7, 11) is 1.54. The molecule has 0 aromatic heterocycles. The highest BCUT2D eigenvalue weighted by Gasteiger charge is 2.17. The molecule has 0 fully saturated rings. The largest absolute Gasteiger partial charge is 0.497 e. The van der Waals surface area contributed by atoms with E-state index < -0.39 is 22.8 Å². The Morgan fingerprint density at radius 2 is 1.73 bits per heavy atom. The van der Waals surface area contributed by atoms with E-state index in [1.807, 2.05) is 0 Å². The van der Waals surface area contributed by atoms with Crippen LogP contribution in [0.25, 0.3) is 0 Å². The number of hydrogen-bond acceptors (Lipinski definition) is 6. The molecule has 0 radical (unpaired) electrons. The molecule has 1 unspecified atom stereocenters. The normalized spacial score (nSPS) is 11.2. The van der Waals surface area contributed by atoms with E-state index in [4.69, 9.17) is 9.47 Å². The topological polar surface area (TPSA) is 120 Å². The molecule has 2 aromatic carbocycles. The van der Waals surface area contributed by atoms with Gasteiger partial charge in [0, 0.05) is 17.7 Å². The van der Waals surface area contributed by atoms with Crippen molar-refractivity contribution < 1.29 is 24.0 Å². The maximum atomic E-state index is 12.0. The number of nitrogens with zero attached hydrogens (tertiary/aromatic N) is 1. The Balaban J connectivity index is 1.89. The molecule has 0 heterocycles. The smallest absolute Gasteiger partial charge is 0.279 e. The number of nitro groups is 1. The van der Waals surface area contributed by atoms with Gasteiger partial charge >= 0.3 is 0 Å². The van der Waals surface area contributed by atoms with Gasteiger partial charge in [-0.15, -0.1) is 0 Å². The lowest BCUT2D eigenvalue weighted by molar-refractivity contribution is -0.384. The number of hydrogen-bond donors (Lipinski definition) is 2. The van der Waals surface area contributed by atoms with Gasteiger partial charge in [-0.05, 0) is 37.3 Å². The van der Waals surface area contributed by atoms with Gasteiger partial charge in [-0.3, -0.25) is 30.6 Å². The van der Waals surface area contributed by atoms with E-state index >= 15 is 0 Å². The fourth-order valence-electron chi connectivity index (χ4n) is 1.96. The summed E-state index contributed by atoms with van der Waals surface area (Å²) in [5.74, 6) is -0.157. The van der Waals surface area contributed by atoms with E-state index in [-0.39, 0.29) is 11.3 Å². The van der Waals surface area contributed by atoms with Crippen molar-refractivity contribution in [2.24, 2.45) is 0 Å². The molecule has 0 saturated carbocycles. The fraction of sp³-hybridized carbons (Fsp3) is 0.176. The molecule has 136 valence electrons. The molecule has 0 spiro atoms. The average molecular weight is 359 g/mol. The van der Waals surface area contributed by atoms with Crippen molar-refractivity contribution in [3.63, 3.8) is 0 Å². The van der Waals surface area contributed by atoms with Gasteiger partial charge < -0.3 is 9.47 Å². The number of ether oxygens (including phenoxy) is 2. The summed E-state index contributed by atoms with van der Waals surface area (Å²) in [5, 5.41) is 10.7. The molecule has 0 aliphatic heterocycles. The Hall–Kier alpha value is -3.62. The number of amides is 2. The number of rotatable bonds is 6. The van der Waals surface area contributed by atoms with Crippen molar-refractivity contribution in [3.8, 4) is 11.5 Å². The molecule has 9 heteroatoms. The SMILES string of the molecule is COc1ccc(OC(C)C(=O)NNC(=O)c2cccc([N+](=O)[O-])c2)cc1. The van der Waals surface area contributed by atoms with Crippen LogP contribution in [0.15, 0.2) is 48.5 Å². The van der Waals surface area contributed by atoms with Crippen LogP contribution < -0.4 is 20.3 Å². The second-order valence-electron chi connectivity index (χ2n) is 5.19. The van der Waals surface area contributed by atoms with Crippen molar-refractivity contribution in [2.75, 3.05) is 7.11 Å². The minimum absolute atomic E-state index is 0.0447. The third-order valence-electron chi connectivity index (χ3n) is 3.36. The summed E-state index contributed by atoms with van der Waals surface area (Å²) < 4.78 is 10.5. The van der Waals surface area contributed by atoms with Crippen LogP contribution in [0.5, 0.6) is 11.5 Å². The molecule has 2 aromatic rings. The number of non-ortho nitro benzene ring substituents is 1. The third kappa shape index (κ3) is 4.94. The average Bonchev–Trinajstić information content (AvgIpc) is 2.66. The van der Waals surface area contributed by atoms with Gasteiger partial charge in [0.25, 0.3) is 17.5 Å². The standard InChI is InChI=1S/C17H17N3O6/c1-11(26-15-8-6-14(25-2)7-9-15)16(21)18-19-17(22)12-4-3-5-13(10-12)20(23)24/h3-11H,1-2H3,(H,18,21)(H,19,22). The molecule has 9 nitrogen and oxygen atoms in total. The van der Waals surface area contributed by atoms with Crippen molar-refractivity contribution >= 4 is 17.5 Å². The third-order valence-corrected chi connectivity index (χ3v) is 3.36. The molecule has 0 saturated heterocycles. The van der Waals surface area contributed by atoms with Crippen LogP contribution in [0.3, 0.4) is 0 Å². The van der Waals surface area contributed by atoms with Gasteiger partial charge in [0.1, 0.15) is 11.5 Å². The second-order valence-corrected chi connectivity index (χ2v) is 5.19. The fourth-order valence-corrected chi connectivity index (χ4v) is 1.96. The summed E-state index contributed by atoms with van der Waals surface area (Å²) in [6.45, 7) is 1.51. The van der Waals surface area contributed by atoms with Crippen molar-refractivity contribution in [1.29, 1.82) is 0 Å². The van der Waals surface area contributed by atoms with Crippen LogP contribution in [0.1, 0.15) is 17.3 Å². The predicted molar refractivity (Wildman–Crippen MR) is 91.8 cm³/mol. The van der Waals surface area contributed by atoms with Crippen LogP contribution >= 0.6 is 0 Å². The van der Waals surface area contributed by atoms with Gasteiger partial charge in [-0.2, -0.15) is 0 Å². The quantitative estimate of drug-likeness (QED) is 0.600. The number of nitro benzene ring substituents is 1. The van der Waals surface area contributed by atoms with Crippen molar-refractivity contribution in [2.45, 2.75) is 13.0 Å². The van der Waals surface area contributed by atoms with Gasteiger partial charge in [-0.25, -0.2) is 0 Å². The first kappa shape index (κ1) is 18.7. The van der Waals surface area contributed by atoms with E-state index in [1.165, 1.54) is 32.2 Å². The molecule has 0 bridgehead atoms. The number of benzene rings is 2. The Morgan fingerprint density at radius 3 is 2.35 bits per heavy atom. The summed E-state index contributed by atoms with van der Waals surface area (Å²) in [6, 6.07) is 11.8. The zero-order valence-electron chi connectivity index (χ0n) is 14.1. The lowest BCUT2D eigenvalue weighted by Gasteiger charge is -2.15. The lowest BCUT2D eigenvalue weighted by Crippen LogP contribution is -2.47. The number of hydrazine groups is 1. The van der Waals surface area contributed by atoms with Gasteiger partial charge in [0.2, 0.25) is 0 Å². The van der Waals surface area contributed by atoms with E-state index in [2.05, 4.69) is 10.9 Å². The molecule has 2 amide bonds. The Kier molecular flexibility index (Phi) is 6.10. The maximum Gasteiger partial charge on any atom is 0.279 e. The molecule has 2 rings (SSSR count). The van der Waals surface area contributed by atoms with Crippen LogP contribution in [-0.4, -0.2) is 30.0 Å². The van der Waals surface area contributed by atoms with E-state index in [0.717, 1.165) is 6.07 Å². The molecule has 0 aliphatic rings. The van der Waals surface area contributed by atoms with Crippen LogP contribution in [0.4, 0.5) is 5.69 Å². The molecular weight excluding hydrogens is 342 g/mol. The van der Waals surface area contributed by atoms with E-state index in [1.54, 1.807) is 24.3 Å². The lowest BCUT2D eigenvalue weighted by atomic mass is 10.2. The first-order valence-corrected chi connectivity index (χ1v) is 7.56. The highest BCUT2D eigenvalue weighted by molar-refractivity contribution is 5.96. The van der Waals surface area contributed by atoms with Crippen molar-refractivity contribution in [1.82, 2.24) is 10.9 Å². The van der Waals surface area contributed by atoms with E-state index in [0.29, 0.717) is 11.5 Å². The monoisotopic (exact) mass is 359 g/mol. The number of carbonyl (C=O) groups is 2. The molecule has 0 aliphatic carbocycles. The maximum absolute atomic E-state index is 12.0. The Bertz CT molecular complexity index is 806. The minimum Gasteiger partial charge on any atom is -0.497 e. The molecular formula is C17H17N3O6. The molecule has 26 heavy (non-hydrogen) atoms. The Morgan fingerprint density at radius 1 is 1.08 bits per heavy atom. The summed E-state index contributed by atoms with van der Waals surface area (Å²) in [5.41, 5.74) is 4.23. The first-order chi connectivity index (χ1) is 12.4. The van der Waals surface area contributed by atoms with Crippen LogP contribution in [0.2, 0.25) is 0 Å². The van der Waals surface area contributed by atoms with Gasteiger partial charge in [0.15, 0.2) is 6.10 Å². The summed E-state index contributed by atoms with van der Waals surface area (Å²) in [6.07, 6.45) is -0.881. The highest BCUT2D eigenvalue weighted by Crippen LogP contribution is 2.18. The minimum atomic E-state index is -0.881. The van der Waals surface area contributed by atoms with Gasteiger partial charge in [-0.1, -0.05) is 6.07 Å². The zero-order chi connectivity index (χ0) is 19.1. The predicted octanol–water partition coefficient (Wildman–Crippen LogP) is 1.83. The zero-order valence-corrected chi connectivity index (χ0v) is 14.1. The van der Waals surface area contributed by atoms with E-state index in [9.17, 15) is 19.7 Å². The summed E-state index contributed by atoms with van der Waals surface area (Å²) >= 11 is 0. The number of carbonyl (C=O) groups excluding carboxylic acids is 2. The molecule has 2 N–H and O–H groups in total. The van der Waals surface area contributed by atoms with Crippen LogP contribution in [-0.2, 0) is 4.79 Å². The number of methoxy groups -OCH3 is 1. The Labute approximate surface area is 149 Å². The van der Waals surface area contributed by atoms with Crippen LogP contribution in [0, 0.1) is 10.1 Å². The van der Waals surface area contributed by atoms with Crippen molar-refractivity contribution in [3.05, 3.63) is 64.2 Å². The first-order valence-electron chi connectivity index (χ1n) is 7.56. The molecule has 1 atom stereocenters. The summed E-state index contributed by atoms with van der Waals surface area (Å²) in [4.78, 5) is 34.1. The number of nitrogens with one attached hydrogen (secondary N) is 2. The second kappa shape index (κ2) is 8.47.